The van der Waals surface area contributed by atoms with Crippen molar-refractivity contribution in [3.05, 3.63) is 71.8 Å². The maximum Gasteiger partial charge on any atom is 0.673 e. The number of carbonyl (C=O) groups is 4. The number of nitrogens with zero attached hydrogens (tertiary/aromatic N) is 4. The van der Waals surface area contributed by atoms with Gasteiger partial charge < -0.3 is 56.5 Å². The van der Waals surface area contributed by atoms with Gasteiger partial charge in [0.05, 0.1) is 62.1 Å². The number of rotatable bonds is 38. The molecular weight excluding hydrogens is 1010 g/mol. The number of hydrogen-bond donors (Lipinski definition) is 2. The van der Waals surface area contributed by atoms with Crippen LogP contribution >= 0.6 is 0 Å². The van der Waals surface area contributed by atoms with E-state index in [1.807, 2.05) is 88.4 Å². The third-order valence-electron chi connectivity index (χ3n) is 11.1. The lowest BCUT2D eigenvalue weighted by atomic mass is 10.1. The third-order valence-corrected chi connectivity index (χ3v) is 15.7. The molecule has 428 valence electrons. The van der Waals surface area contributed by atoms with Crippen LogP contribution in [-0.4, -0.2) is 130 Å². The van der Waals surface area contributed by atoms with Crippen molar-refractivity contribution < 1.29 is 65.1 Å². The van der Waals surface area contributed by atoms with E-state index >= 15 is 0 Å². The predicted octanol–water partition coefficient (Wildman–Crippen LogP) is 9.41. The second-order valence-electron chi connectivity index (χ2n) is 18.5. The standard InChI is InChI=1S/C28H39N3O7Si.C26H51N3O7Si/c1-6-35-27(32)21-26(28(33)36-7-2)29-19-14-20-39(34-5,37-30-22(3)24-15-10-8-11-16-24)38-31-23(4)25-17-12-9-13-18-25;1-10-33-25(30)19-24(26(31)34-11-2)27-17-12-18-37(32-9,35-28-22(7)15-13-20(3)4)36-29-23(8)16-14-21(5)6/h8-13,15-18,26,29H,6-7,14,19-21H2,1-5H3;20-21,24,27H,10-19H2,1-9H3/b30-22-,31-23+;28-22-,29-23+. The van der Waals surface area contributed by atoms with Gasteiger partial charge >= 0.3 is 41.5 Å². The highest BCUT2D eigenvalue weighted by atomic mass is 28.4. The van der Waals surface area contributed by atoms with Crippen molar-refractivity contribution in [3.8, 4) is 0 Å². The fraction of sp³-hybridized carbons (Fsp3) is 0.630. The number of benzene rings is 2. The van der Waals surface area contributed by atoms with Gasteiger partial charge in [0.25, 0.3) is 0 Å². The Labute approximate surface area is 455 Å². The Morgan fingerprint density at radius 3 is 1.13 bits per heavy atom. The molecule has 22 heteroatoms. The minimum Gasteiger partial charge on any atom is -0.466 e. The molecule has 0 amide bonds. The van der Waals surface area contributed by atoms with Crippen LogP contribution in [0.5, 0.6) is 0 Å². The van der Waals surface area contributed by atoms with Gasteiger partial charge in [-0.25, -0.2) is 0 Å². The summed E-state index contributed by atoms with van der Waals surface area (Å²) in [5.41, 5.74) is 4.85. The Morgan fingerprint density at radius 2 is 0.829 bits per heavy atom. The molecule has 76 heavy (non-hydrogen) atoms. The van der Waals surface area contributed by atoms with E-state index in [-0.39, 0.29) is 39.3 Å². The molecular formula is C54H90N6O14Si2. The van der Waals surface area contributed by atoms with Crippen LogP contribution in [0.15, 0.2) is 81.3 Å². The van der Waals surface area contributed by atoms with Gasteiger partial charge in [-0.3, -0.25) is 19.2 Å². The molecule has 0 bridgehead atoms. The number of ether oxygens (including phenoxy) is 4. The van der Waals surface area contributed by atoms with Crippen LogP contribution in [-0.2, 0) is 65.1 Å². The molecule has 0 radical (unpaired) electrons. The normalized spacial score (nSPS) is 14.5. The highest BCUT2D eigenvalue weighted by Gasteiger charge is 2.47. The van der Waals surface area contributed by atoms with Crippen LogP contribution in [0, 0.1) is 11.8 Å². The molecule has 2 rings (SSSR count). The molecule has 0 fully saturated rings. The van der Waals surface area contributed by atoms with Crippen LogP contribution in [0.2, 0.25) is 12.1 Å². The molecule has 4 atom stereocenters. The van der Waals surface area contributed by atoms with Gasteiger partial charge in [0.2, 0.25) is 0 Å². The monoisotopic (exact) mass is 1100 g/mol. The lowest BCUT2D eigenvalue weighted by Crippen LogP contribution is -2.44. The maximum atomic E-state index is 12.4. The van der Waals surface area contributed by atoms with Crippen molar-refractivity contribution >= 4 is 64.3 Å². The van der Waals surface area contributed by atoms with Crippen molar-refractivity contribution in [2.75, 3.05) is 53.7 Å². The van der Waals surface area contributed by atoms with Gasteiger partial charge in [-0.05, 0) is 130 Å². The maximum absolute atomic E-state index is 12.4. The van der Waals surface area contributed by atoms with E-state index in [4.69, 9.17) is 45.9 Å². The van der Waals surface area contributed by atoms with Gasteiger partial charge in [0, 0.05) is 26.3 Å². The summed E-state index contributed by atoms with van der Waals surface area (Å²) in [4.78, 5) is 48.6. The molecule has 0 saturated carbocycles. The summed E-state index contributed by atoms with van der Waals surface area (Å²) in [5, 5.41) is 23.5. The SMILES string of the molecule is CCOC(=O)CC(NCCC[Si](OC)(O/N=C(/C)CCC(C)C)O/N=C(\C)CCC(C)C)C(=O)OCC.CCOC(=O)CC(NCCC[Si](OC)(O/N=C(/C)c1ccccc1)O/N=C(\C)c1ccccc1)C(=O)OCC. The second-order valence-corrected chi connectivity index (χ2v) is 23.8. The molecule has 2 N–H and O–H groups in total. The zero-order chi connectivity index (χ0) is 56.8. The number of oxime groups is 4. The van der Waals surface area contributed by atoms with E-state index in [0.717, 1.165) is 48.2 Å². The molecule has 20 nitrogen and oxygen atoms in total. The summed E-state index contributed by atoms with van der Waals surface area (Å²) >= 11 is 0. The number of nitrogens with one attached hydrogen (secondary N) is 2. The van der Waals surface area contributed by atoms with Crippen LogP contribution in [0.1, 0.15) is 146 Å². The first-order valence-corrected chi connectivity index (χ1v) is 30.4. The highest BCUT2D eigenvalue weighted by Crippen LogP contribution is 2.22. The summed E-state index contributed by atoms with van der Waals surface area (Å²) in [6.07, 6.45) is 4.44. The predicted molar refractivity (Wildman–Crippen MR) is 300 cm³/mol. The van der Waals surface area contributed by atoms with E-state index in [2.05, 4.69) is 59.0 Å². The number of esters is 4. The van der Waals surface area contributed by atoms with E-state index in [1.165, 1.54) is 7.11 Å². The molecule has 0 aromatic heterocycles. The van der Waals surface area contributed by atoms with Crippen molar-refractivity contribution in [3.63, 3.8) is 0 Å². The lowest BCUT2D eigenvalue weighted by molar-refractivity contribution is -0.152. The Kier molecular flexibility index (Phi) is 35.9. The Bertz CT molecular complexity index is 1990. The van der Waals surface area contributed by atoms with Gasteiger partial charge in [-0.2, -0.15) is 0 Å². The Morgan fingerprint density at radius 1 is 0.500 bits per heavy atom. The van der Waals surface area contributed by atoms with Crippen LogP contribution in [0.4, 0.5) is 0 Å². The topological polar surface area (TPSA) is 234 Å². The Balaban J connectivity index is 0.000000762. The number of hydrogen-bond acceptors (Lipinski definition) is 20. The van der Waals surface area contributed by atoms with Crippen LogP contribution < -0.4 is 10.6 Å². The lowest BCUT2D eigenvalue weighted by Gasteiger charge is -2.24. The van der Waals surface area contributed by atoms with Crippen molar-refractivity contribution in [1.29, 1.82) is 0 Å². The van der Waals surface area contributed by atoms with Gasteiger partial charge in [-0.1, -0.05) is 88.4 Å². The molecule has 0 aliphatic rings. The fourth-order valence-corrected chi connectivity index (χ4v) is 10.1. The Hall–Kier alpha value is -5.53. The van der Waals surface area contributed by atoms with E-state index in [0.29, 0.717) is 61.3 Å². The van der Waals surface area contributed by atoms with Crippen molar-refractivity contribution in [2.24, 2.45) is 32.5 Å². The first-order valence-electron chi connectivity index (χ1n) is 26.5. The summed E-state index contributed by atoms with van der Waals surface area (Å²) in [5.74, 6) is -0.822. The number of carbonyl (C=O) groups excluding carboxylic acids is 4. The van der Waals surface area contributed by atoms with Crippen molar-refractivity contribution in [2.45, 2.75) is 159 Å². The van der Waals surface area contributed by atoms with E-state index < -0.39 is 53.6 Å². The largest absolute Gasteiger partial charge is 0.673 e. The fourth-order valence-electron chi connectivity index (χ4n) is 6.59. The van der Waals surface area contributed by atoms with Crippen LogP contribution in [0.3, 0.4) is 0 Å². The smallest absolute Gasteiger partial charge is 0.466 e. The minimum absolute atomic E-state index is 0.106. The molecule has 0 heterocycles. The summed E-state index contributed by atoms with van der Waals surface area (Å²) in [6, 6.07) is 18.4. The molecule has 0 saturated heterocycles. The van der Waals surface area contributed by atoms with Gasteiger partial charge in [-0.15, -0.1) is 20.6 Å². The average Bonchev–Trinajstić information content (AvgIpc) is 3.41. The second kappa shape index (κ2) is 39.8. The third kappa shape index (κ3) is 29.7. The molecule has 0 aliphatic carbocycles. The van der Waals surface area contributed by atoms with E-state index in [1.54, 1.807) is 34.8 Å². The molecule has 4 unspecified atom stereocenters. The van der Waals surface area contributed by atoms with Gasteiger partial charge in [0.1, 0.15) is 12.1 Å². The highest BCUT2D eigenvalue weighted by molar-refractivity contribution is 6.61. The molecule has 2 aromatic carbocycles. The van der Waals surface area contributed by atoms with Crippen molar-refractivity contribution in [1.82, 2.24) is 10.6 Å². The average molecular weight is 1100 g/mol. The molecule has 2 aromatic rings. The first-order chi connectivity index (χ1) is 36.3. The van der Waals surface area contributed by atoms with Crippen LogP contribution in [0.25, 0.3) is 0 Å². The first kappa shape index (κ1) is 68.5. The summed E-state index contributed by atoms with van der Waals surface area (Å²) < 4.78 is 55.5. The summed E-state index contributed by atoms with van der Waals surface area (Å²) in [6.45, 7) is 24.7. The zero-order valence-electron chi connectivity index (χ0n) is 47.9. The molecule has 0 aliphatic heterocycles. The molecule has 0 spiro atoms. The van der Waals surface area contributed by atoms with Gasteiger partial charge in [0.15, 0.2) is 0 Å². The minimum atomic E-state index is -3.44. The quantitative estimate of drug-likeness (QED) is 0.0159. The van der Waals surface area contributed by atoms with E-state index in [9.17, 15) is 19.2 Å². The zero-order valence-corrected chi connectivity index (χ0v) is 49.9. The summed E-state index contributed by atoms with van der Waals surface area (Å²) in [7, 11) is -3.69.